The molecule has 1 N–H and O–H groups in total. The van der Waals surface area contributed by atoms with Gasteiger partial charge in [0, 0.05) is 26.6 Å². The zero-order valence-corrected chi connectivity index (χ0v) is 18.7. The van der Waals surface area contributed by atoms with E-state index in [-0.39, 0.29) is 24.5 Å². The molecule has 9 nitrogen and oxygen atoms in total. The van der Waals surface area contributed by atoms with Gasteiger partial charge in [0.15, 0.2) is 0 Å². The molecule has 0 saturated carbocycles. The molecule has 0 spiro atoms. The second kappa shape index (κ2) is 11.3. The second-order valence-corrected chi connectivity index (χ2v) is 7.40. The van der Waals surface area contributed by atoms with Crippen LogP contribution < -0.4 is 10.1 Å². The minimum atomic E-state index is -0.377. The molecule has 0 saturated heterocycles. The van der Waals surface area contributed by atoms with Gasteiger partial charge in [-0.25, -0.2) is 9.80 Å². The van der Waals surface area contributed by atoms with Crippen LogP contribution in [0, 0.1) is 0 Å². The lowest BCUT2D eigenvalue weighted by atomic mass is 10.0. The Bertz CT molecular complexity index is 911. The standard InChI is InChI=1S/C23H30N4O5/c1-4-11-24-23(29)26(12-14-30-2)16-22(28)27-20(21-6-5-13-32-21)15-19(25-27)17-7-9-18(31-3)10-8-17/h5-10,13,20H,4,11-12,14-16H2,1-3H3,(H,24,29)/t20-/m1/s1. The summed E-state index contributed by atoms with van der Waals surface area (Å²) in [5.74, 6) is 1.09. The van der Waals surface area contributed by atoms with Crippen LogP contribution in [0.4, 0.5) is 4.79 Å². The molecule has 0 aliphatic carbocycles. The molecule has 0 radical (unpaired) electrons. The van der Waals surface area contributed by atoms with E-state index in [9.17, 15) is 9.59 Å². The Balaban J connectivity index is 1.81. The Morgan fingerprint density at radius 3 is 2.66 bits per heavy atom. The number of carbonyl (C=O) groups excluding carboxylic acids is 2. The van der Waals surface area contributed by atoms with Crippen LogP contribution in [-0.2, 0) is 9.53 Å². The third-order valence-electron chi connectivity index (χ3n) is 5.17. The summed E-state index contributed by atoms with van der Waals surface area (Å²) < 4.78 is 15.9. The lowest BCUT2D eigenvalue weighted by Gasteiger charge is -2.26. The lowest BCUT2D eigenvalue weighted by molar-refractivity contribution is -0.134. The highest BCUT2D eigenvalue weighted by molar-refractivity contribution is 6.03. The molecular formula is C23H30N4O5. The number of ether oxygens (including phenoxy) is 2. The van der Waals surface area contributed by atoms with Crippen molar-refractivity contribution in [1.29, 1.82) is 0 Å². The number of carbonyl (C=O) groups is 2. The summed E-state index contributed by atoms with van der Waals surface area (Å²) in [6.45, 7) is 3.02. The number of furan rings is 1. The first kappa shape index (κ1) is 23.3. The van der Waals surface area contributed by atoms with Crippen molar-refractivity contribution < 1.29 is 23.5 Å². The van der Waals surface area contributed by atoms with Crippen molar-refractivity contribution in [3.63, 3.8) is 0 Å². The van der Waals surface area contributed by atoms with Gasteiger partial charge in [-0.05, 0) is 48.4 Å². The maximum Gasteiger partial charge on any atom is 0.317 e. The van der Waals surface area contributed by atoms with Gasteiger partial charge in [0.25, 0.3) is 5.91 Å². The monoisotopic (exact) mass is 442 g/mol. The zero-order valence-electron chi connectivity index (χ0n) is 18.7. The van der Waals surface area contributed by atoms with Crippen LogP contribution in [0.1, 0.15) is 37.1 Å². The van der Waals surface area contributed by atoms with E-state index < -0.39 is 0 Å². The van der Waals surface area contributed by atoms with Crippen LogP contribution in [0.5, 0.6) is 5.75 Å². The third-order valence-corrected chi connectivity index (χ3v) is 5.17. The number of hydrogen-bond acceptors (Lipinski definition) is 6. The molecule has 1 aliphatic heterocycles. The molecule has 9 heteroatoms. The largest absolute Gasteiger partial charge is 0.497 e. The normalized spacial score (nSPS) is 15.4. The SMILES string of the molecule is CCCNC(=O)N(CCOC)CC(=O)N1N=C(c2ccc(OC)cc2)C[C@@H]1c1ccco1. The minimum absolute atomic E-state index is 0.116. The number of amides is 3. The average Bonchev–Trinajstić information content (AvgIpc) is 3.50. The van der Waals surface area contributed by atoms with Crippen molar-refractivity contribution in [2.75, 3.05) is 40.5 Å². The smallest absolute Gasteiger partial charge is 0.317 e. The number of urea groups is 1. The number of methoxy groups -OCH3 is 2. The molecule has 0 bridgehead atoms. The second-order valence-electron chi connectivity index (χ2n) is 7.40. The van der Waals surface area contributed by atoms with Crippen molar-refractivity contribution in [1.82, 2.24) is 15.2 Å². The van der Waals surface area contributed by atoms with E-state index in [0.717, 1.165) is 23.4 Å². The van der Waals surface area contributed by atoms with Crippen LogP contribution in [0.2, 0.25) is 0 Å². The van der Waals surface area contributed by atoms with Crippen LogP contribution >= 0.6 is 0 Å². The van der Waals surface area contributed by atoms with Crippen LogP contribution in [0.15, 0.2) is 52.2 Å². The summed E-state index contributed by atoms with van der Waals surface area (Å²) in [6, 6.07) is 10.5. The summed E-state index contributed by atoms with van der Waals surface area (Å²) >= 11 is 0. The molecule has 0 unspecified atom stereocenters. The average molecular weight is 443 g/mol. The van der Waals surface area contributed by atoms with E-state index in [1.165, 1.54) is 9.91 Å². The van der Waals surface area contributed by atoms with Crippen LogP contribution in [0.25, 0.3) is 0 Å². The van der Waals surface area contributed by atoms with E-state index >= 15 is 0 Å². The summed E-state index contributed by atoms with van der Waals surface area (Å²) in [6.07, 6.45) is 2.89. The Labute approximate surface area is 188 Å². The molecule has 2 aromatic rings. The van der Waals surface area contributed by atoms with Gasteiger partial charge in [-0.3, -0.25) is 4.79 Å². The van der Waals surface area contributed by atoms with Crippen LogP contribution in [0.3, 0.4) is 0 Å². The predicted octanol–water partition coefficient (Wildman–Crippen LogP) is 3.03. The van der Waals surface area contributed by atoms with E-state index in [2.05, 4.69) is 10.4 Å². The Morgan fingerprint density at radius 1 is 1.25 bits per heavy atom. The summed E-state index contributed by atoms with van der Waals surface area (Å²) in [5.41, 5.74) is 1.66. The first-order valence-corrected chi connectivity index (χ1v) is 10.7. The topological polar surface area (TPSA) is 96.6 Å². The fraction of sp³-hybridized carbons (Fsp3) is 0.435. The van der Waals surface area contributed by atoms with Gasteiger partial charge in [-0.1, -0.05) is 6.92 Å². The number of hydrogen-bond donors (Lipinski definition) is 1. The number of benzene rings is 1. The molecule has 1 aromatic carbocycles. The minimum Gasteiger partial charge on any atom is -0.497 e. The number of nitrogens with one attached hydrogen (secondary N) is 1. The van der Waals surface area contributed by atoms with E-state index in [4.69, 9.17) is 13.9 Å². The van der Waals surface area contributed by atoms with Crippen molar-refractivity contribution in [2.24, 2.45) is 5.10 Å². The number of hydrazone groups is 1. The van der Waals surface area contributed by atoms with Crippen molar-refractivity contribution >= 4 is 17.6 Å². The highest BCUT2D eigenvalue weighted by Gasteiger charge is 2.35. The van der Waals surface area contributed by atoms with E-state index in [1.807, 2.05) is 37.3 Å². The predicted molar refractivity (Wildman–Crippen MR) is 120 cm³/mol. The van der Waals surface area contributed by atoms with Gasteiger partial charge in [0.05, 0.1) is 25.7 Å². The highest BCUT2D eigenvalue weighted by Crippen LogP contribution is 2.33. The van der Waals surface area contributed by atoms with Gasteiger partial charge in [0.2, 0.25) is 0 Å². The van der Waals surface area contributed by atoms with Gasteiger partial charge in [-0.15, -0.1) is 0 Å². The van der Waals surface area contributed by atoms with Crippen LogP contribution in [-0.4, -0.2) is 68.0 Å². The fourth-order valence-electron chi connectivity index (χ4n) is 3.43. The molecule has 32 heavy (non-hydrogen) atoms. The molecule has 1 atom stereocenters. The molecule has 172 valence electrons. The first-order chi connectivity index (χ1) is 15.6. The van der Waals surface area contributed by atoms with Gasteiger partial charge in [-0.2, -0.15) is 5.10 Å². The zero-order chi connectivity index (χ0) is 22.9. The Hall–Kier alpha value is -3.33. The maximum absolute atomic E-state index is 13.3. The van der Waals surface area contributed by atoms with Crippen molar-refractivity contribution in [2.45, 2.75) is 25.8 Å². The molecule has 0 fully saturated rings. The maximum atomic E-state index is 13.3. The quantitative estimate of drug-likeness (QED) is 0.610. The summed E-state index contributed by atoms with van der Waals surface area (Å²) in [5, 5.41) is 8.85. The molecule has 1 aromatic heterocycles. The van der Waals surface area contributed by atoms with E-state index in [0.29, 0.717) is 31.9 Å². The summed E-state index contributed by atoms with van der Waals surface area (Å²) in [4.78, 5) is 27.3. The van der Waals surface area contributed by atoms with Gasteiger partial charge >= 0.3 is 6.03 Å². The first-order valence-electron chi connectivity index (χ1n) is 10.7. The Kier molecular flexibility index (Phi) is 8.27. The molecule has 2 heterocycles. The summed E-state index contributed by atoms with van der Waals surface area (Å²) in [7, 11) is 3.17. The number of rotatable bonds is 10. The lowest BCUT2D eigenvalue weighted by Crippen LogP contribution is -2.47. The Morgan fingerprint density at radius 2 is 2.03 bits per heavy atom. The fourth-order valence-corrected chi connectivity index (χ4v) is 3.43. The van der Waals surface area contributed by atoms with Gasteiger partial charge < -0.3 is 24.1 Å². The highest BCUT2D eigenvalue weighted by atomic mass is 16.5. The molecule has 3 rings (SSSR count). The van der Waals surface area contributed by atoms with Gasteiger partial charge in [0.1, 0.15) is 24.1 Å². The molecule has 1 aliphatic rings. The third kappa shape index (κ3) is 5.67. The van der Waals surface area contributed by atoms with Crippen molar-refractivity contribution in [3.05, 3.63) is 54.0 Å². The van der Waals surface area contributed by atoms with Crippen molar-refractivity contribution in [3.8, 4) is 5.75 Å². The van der Waals surface area contributed by atoms with E-state index in [1.54, 1.807) is 26.5 Å². The number of nitrogens with zero attached hydrogens (tertiary/aromatic N) is 3. The molecule has 3 amide bonds. The molecular weight excluding hydrogens is 412 g/mol.